The Kier molecular flexibility index (Phi) is 4.29. The fourth-order valence-corrected chi connectivity index (χ4v) is 1.95. The Morgan fingerprint density at radius 2 is 1.62 bits per heavy atom. The van der Waals surface area contributed by atoms with E-state index in [0.29, 0.717) is 0 Å². The molecule has 2 amide bonds. The predicted octanol–water partition coefficient (Wildman–Crippen LogP) is -0.373. The van der Waals surface area contributed by atoms with Gasteiger partial charge in [-0.15, -0.1) is 0 Å². The highest BCUT2D eigenvalue weighted by Crippen LogP contribution is 2.08. The van der Waals surface area contributed by atoms with Crippen molar-refractivity contribution >= 4 is 11.8 Å². The first kappa shape index (κ1) is 13.0. The van der Waals surface area contributed by atoms with Gasteiger partial charge in [0.15, 0.2) is 0 Å². The minimum absolute atomic E-state index is 0.0934. The van der Waals surface area contributed by atoms with Crippen LogP contribution in [0.5, 0.6) is 0 Å². The van der Waals surface area contributed by atoms with Crippen molar-refractivity contribution in [3.8, 4) is 0 Å². The molecule has 0 radical (unpaired) electrons. The van der Waals surface area contributed by atoms with E-state index in [1.54, 1.807) is 25.9 Å². The first-order valence-corrected chi connectivity index (χ1v) is 5.64. The molecule has 0 spiro atoms. The molecule has 1 atom stereocenters. The maximum atomic E-state index is 11.8. The van der Waals surface area contributed by atoms with Crippen molar-refractivity contribution in [3.05, 3.63) is 0 Å². The molecule has 16 heavy (non-hydrogen) atoms. The van der Waals surface area contributed by atoms with Gasteiger partial charge in [0.25, 0.3) is 0 Å². The molecule has 0 N–H and O–H groups in total. The zero-order valence-corrected chi connectivity index (χ0v) is 10.6. The van der Waals surface area contributed by atoms with Crippen molar-refractivity contribution in [3.63, 3.8) is 0 Å². The molecule has 0 aliphatic carbocycles. The Morgan fingerprint density at radius 3 is 2.00 bits per heavy atom. The second-order valence-corrected chi connectivity index (χ2v) is 4.45. The van der Waals surface area contributed by atoms with Gasteiger partial charge in [0.05, 0.1) is 6.04 Å². The molecule has 1 heterocycles. The lowest BCUT2D eigenvalue weighted by Gasteiger charge is -2.37. The molecule has 1 saturated heterocycles. The lowest BCUT2D eigenvalue weighted by atomic mass is 10.2. The van der Waals surface area contributed by atoms with Gasteiger partial charge in [-0.3, -0.25) is 14.5 Å². The summed E-state index contributed by atoms with van der Waals surface area (Å²) in [6, 6.07) is -0.0934. The maximum Gasteiger partial charge on any atom is 0.239 e. The molecule has 1 aliphatic rings. The highest BCUT2D eigenvalue weighted by atomic mass is 16.2. The minimum atomic E-state index is -0.0934. The van der Waals surface area contributed by atoms with Gasteiger partial charge in [-0.1, -0.05) is 0 Å². The number of piperazine rings is 1. The lowest BCUT2D eigenvalue weighted by Crippen LogP contribution is -2.54. The molecular formula is C11H21N3O2. The first-order chi connectivity index (χ1) is 7.43. The molecule has 5 heteroatoms. The Bertz CT molecular complexity index is 270. The topological polar surface area (TPSA) is 43.9 Å². The molecule has 0 bridgehead atoms. The van der Waals surface area contributed by atoms with E-state index in [0.717, 1.165) is 26.2 Å². The van der Waals surface area contributed by atoms with Gasteiger partial charge in [-0.2, -0.15) is 0 Å². The number of carbonyl (C=O) groups is 2. The number of hydrogen-bond donors (Lipinski definition) is 0. The monoisotopic (exact) mass is 227 g/mol. The summed E-state index contributed by atoms with van der Waals surface area (Å²) in [7, 11) is 3.54. The van der Waals surface area contributed by atoms with Crippen LogP contribution in [0.4, 0.5) is 0 Å². The molecule has 92 valence electrons. The molecule has 1 rings (SSSR count). The van der Waals surface area contributed by atoms with Crippen molar-refractivity contribution in [2.45, 2.75) is 19.9 Å². The summed E-state index contributed by atoms with van der Waals surface area (Å²) in [5.41, 5.74) is 0. The Labute approximate surface area is 97.0 Å². The van der Waals surface area contributed by atoms with E-state index < -0.39 is 0 Å². The second-order valence-electron chi connectivity index (χ2n) is 4.45. The summed E-state index contributed by atoms with van der Waals surface area (Å²) in [4.78, 5) is 28.5. The molecule has 5 nitrogen and oxygen atoms in total. The molecule has 0 aromatic rings. The third-order valence-electron chi connectivity index (χ3n) is 3.11. The zero-order valence-electron chi connectivity index (χ0n) is 10.6. The van der Waals surface area contributed by atoms with Crippen LogP contribution >= 0.6 is 0 Å². The van der Waals surface area contributed by atoms with Crippen LogP contribution in [0.15, 0.2) is 0 Å². The van der Waals surface area contributed by atoms with Crippen LogP contribution in [0, 0.1) is 0 Å². The van der Waals surface area contributed by atoms with Crippen LogP contribution in [0.25, 0.3) is 0 Å². The fourth-order valence-electron chi connectivity index (χ4n) is 1.95. The van der Waals surface area contributed by atoms with Crippen LogP contribution in [0.2, 0.25) is 0 Å². The number of hydrogen-bond acceptors (Lipinski definition) is 3. The highest BCUT2D eigenvalue weighted by Gasteiger charge is 2.26. The average molecular weight is 227 g/mol. The predicted molar refractivity (Wildman–Crippen MR) is 62.0 cm³/mol. The number of rotatable bonds is 2. The zero-order chi connectivity index (χ0) is 12.3. The number of nitrogens with zero attached hydrogens (tertiary/aromatic N) is 3. The van der Waals surface area contributed by atoms with Crippen molar-refractivity contribution in [2.75, 3.05) is 40.3 Å². The summed E-state index contributed by atoms with van der Waals surface area (Å²) in [5.74, 6) is 0.238. The lowest BCUT2D eigenvalue weighted by molar-refractivity contribution is -0.136. The quantitative estimate of drug-likeness (QED) is 0.646. The fraction of sp³-hybridized carbons (Fsp3) is 0.818. The largest absolute Gasteiger partial charge is 0.347 e. The van der Waals surface area contributed by atoms with E-state index in [1.807, 2.05) is 11.8 Å². The number of likely N-dealkylation sites (N-methyl/N-ethyl adjacent to an activating group) is 1. The summed E-state index contributed by atoms with van der Waals surface area (Å²) >= 11 is 0. The third-order valence-corrected chi connectivity index (χ3v) is 3.11. The van der Waals surface area contributed by atoms with Crippen LogP contribution in [-0.4, -0.2) is 72.8 Å². The van der Waals surface area contributed by atoms with Gasteiger partial charge in [0.1, 0.15) is 0 Å². The third kappa shape index (κ3) is 2.95. The molecule has 1 aliphatic heterocycles. The maximum absolute atomic E-state index is 11.8. The van der Waals surface area contributed by atoms with E-state index in [1.165, 1.54) is 0 Å². The van der Waals surface area contributed by atoms with Gasteiger partial charge in [-0.05, 0) is 6.92 Å². The molecule has 0 saturated carbocycles. The summed E-state index contributed by atoms with van der Waals surface area (Å²) in [6.45, 7) is 6.51. The molecule has 0 aromatic carbocycles. The smallest absolute Gasteiger partial charge is 0.239 e. The van der Waals surface area contributed by atoms with Crippen molar-refractivity contribution in [1.29, 1.82) is 0 Å². The molecule has 0 aromatic heterocycles. The van der Waals surface area contributed by atoms with Crippen molar-refractivity contribution < 1.29 is 9.59 Å². The number of carbonyl (C=O) groups excluding carboxylic acids is 2. The summed E-state index contributed by atoms with van der Waals surface area (Å²) in [5, 5.41) is 0. The molecular weight excluding hydrogens is 206 g/mol. The average Bonchev–Trinajstić information content (AvgIpc) is 2.27. The van der Waals surface area contributed by atoms with E-state index in [2.05, 4.69) is 4.90 Å². The van der Waals surface area contributed by atoms with E-state index in [4.69, 9.17) is 0 Å². The van der Waals surface area contributed by atoms with Crippen molar-refractivity contribution in [2.24, 2.45) is 0 Å². The van der Waals surface area contributed by atoms with Crippen LogP contribution in [0.3, 0.4) is 0 Å². The first-order valence-electron chi connectivity index (χ1n) is 5.64. The van der Waals surface area contributed by atoms with Gasteiger partial charge in [0, 0.05) is 47.2 Å². The molecule has 1 fully saturated rings. The normalized spacial score (nSPS) is 19.4. The van der Waals surface area contributed by atoms with E-state index in [9.17, 15) is 9.59 Å². The summed E-state index contributed by atoms with van der Waals surface area (Å²) < 4.78 is 0. The summed E-state index contributed by atoms with van der Waals surface area (Å²) in [6.07, 6.45) is 0. The van der Waals surface area contributed by atoms with Crippen LogP contribution in [-0.2, 0) is 9.59 Å². The van der Waals surface area contributed by atoms with Gasteiger partial charge < -0.3 is 9.80 Å². The van der Waals surface area contributed by atoms with Gasteiger partial charge in [0.2, 0.25) is 11.8 Å². The van der Waals surface area contributed by atoms with Crippen LogP contribution < -0.4 is 0 Å². The van der Waals surface area contributed by atoms with Gasteiger partial charge >= 0.3 is 0 Å². The van der Waals surface area contributed by atoms with E-state index in [-0.39, 0.29) is 17.9 Å². The Balaban J connectivity index is 2.47. The Morgan fingerprint density at radius 1 is 1.12 bits per heavy atom. The van der Waals surface area contributed by atoms with Gasteiger partial charge in [-0.25, -0.2) is 0 Å². The number of amides is 2. The van der Waals surface area contributed by atoms with Crippen molar-refractivity contribution in [1.82, 2.24) is 14.7 Å². The standard InChI is InChI=1S/C11H21N3O2/c1-9(11(16)12(3)4)13-5-7-14(8-6-13)10(2)15/h9H,5-8H2,1-4H3. The SMILES string of the molecule is CC(=O)N1CCN(C(C)C(=O)N(C)C)CC1. The highest BCUT2D eigenvalue weighted by molar-refractivity contribution is 5.81. The van der Waals surface area contributed by atoms with E-state index >= 15 is 0 Å². The van der Waals surface area contributed by atoms with Crippen LogP contribution in [0.1, 0.15) is 13.8 Å². The Hall–Kier alpha value is -1.10. The minimum Gasteiger partial charge on any atom is -0.347 e. The second kappa shape index (κ2) is 5.30. The molecule has 1 unspecified atom stereocenters.